The lowest BCUT2D eigenvalue weighted by Gasteiger charge is -2.01. The van der Waals surface area contributed by atoms with Gasteiger partial charge in [0.05, 0.1) is 5.69 Å². The van der Waals surface area contributed by atoms with Crippen molar-refractivity contribution in [2.24, 2.45) is 0 Å². The first-order valence-electron chi connectivity index (χ1n) is 8.32. The van der Waals surface area contributed by atoms with Crippen LogP contribution in [0.4, 0.5) is 0 Å². The molecule has 0 radical (unpaired) electrons. The Balaban J connectivity index is 1.76. The normalized spacial score (nSPS) is 11.2. The number of pyridine rings is 1. The fourth-order valence-corrected chi connectivity index (χ4v) is 3.30. The van der Waals surface area contributed by atoms with Crippen molar-refractivity contribution < 1.29 is 4.42 Å². The summed E-state index contributed by atoms with van der Waals surface area (Å²) in [7, 11) is 0. The summed E-state index contributed by atoms with van der Waals surface area (Å²) in [6.07, 6.45) is 1.91. The van der Waals surface area contributed by atoms with Gasteiger partial charge in [-0.25, -0.2) is 0 Å². The summed E-state index contributed by atoms with van der Waals surface area (Å²) < 4.78 is 6.26. The van der Waals surface area contributed by atoms with E-state index in [1.54, 1.807) is 0 Å². The van der Waals surface area contributed by atoms with Gasteiger partial charge >= 0.3 is 0 Å². The minimum atomic E-state index is 0.868. The van der Waals surface area contributed by atoms with E-state index in [1.165, 1.54) is 0 Å². The zero-order valence-corrected chi connectivity index (χ0v) is 13.5. The molecule has 0 amide bonds. The van der Waals surface area contributed by atoms with Gasteiger partial charge < -0.3 is 4.42 Å². The maximum absolute atomic E-state index is 6.26. The van der Waals surface area contributed by atoms with Crippen molar-refractivity contribution in [3.8, 4) is 22.4 Å². The zero-order chi connectivity index (χ0) is 16.6. The van der Waals surface area contributed by atoms with E-state index in [0.717, 1.165) is 44.3 Å². The van der Waals surface area contributed by atoms with E-state index in [0.29, 0.717) is 0 Å². The first kappa shape index (κ1) is 14.0. The van der Waals surface area contributed by atoms with Gasteiger partial charge in [0, 0.05) is 34.2 Å². The maximum atomic E-state index is 6.26. The van der Waals surface area contributed by atoms with Gasteiger partial charge in [-0.1, -0.05) is 78.9 Å². The molecule has 5 rings (SSSR count). The smallest absolute Gasteiger partial charge is 0.143 e. The molecule has 0 bridgehead atoms. The van der Waals surface area contributed by atoms with Gasteiger partial charge in [-0.15, -0.1) is 0 Å². The molecule has 118 valence electrons. The van der Waals surface area contributed by atoms with E-state index in [1.807, 2.05) is 48.7 Å². The van der Waals surface area contributed by atoms with Crippen LogP contribution in [0.2, 0.25) is 0 Å². The van der Waals surface area contributed by atoms with Crippen LogP contribution < -0.4 is 0 Å². The molecule has 2 heterocycles. The molecule has 3 aromatic carbocycles. The Hall–Kier alpha value is -3.39. The molecule has 0 spiro atoms. The number of nitrogens with zero attached hydrogens (tertiary/aromatic N) is 1. The fourth-order valence-electron chi connectivity index (χ4n) is 3.30. The molecule has 0 saturated carbocycles. The molecule has 2 aromatic heterocycles. The highest BCUT2D eigenvalue weighted by atomic mass is 16.3. The Kier molecular flexibility index (Phi) is 3.14. The third kappa shape index (κ3) is 2.31. The van der Waals surface area contributed by atoms with Crippen molar-refractivity contribution >= 4 is 21.9 Å². The summed E-state index contributed by atoms with van der Waals surface area (Å²) in [5.74, 6) is 0. The summed E-state index contributed by atoms with van der Waals surface area (Å²) in [6, 6.07) is 28.8. The molecule has 2 nitrogen and oxygen atoms in total. The maximum Gasteiger partial charge on any atom is 0.143 e. The van der Waals surface area contributed by atoms with Crippen LogP contribution in [-0.2, 0) is 0 Å². The van der Waals surface area contributed by atoms with Crippen molar-refractivity contribution in [2.45, 2.75) is 0 Å². The first-order valence-corrected chi connectivity index (χ1v) is 8.32. The second-order valence-electron chi connectivity index (χ2n) is 6.08. The Morgan fingerprint density at radius 1 is 0.640 bits per heavy atom. The number of hydrogen-bond donors (Lipinski definition) is 0. The first-order chi connectivity index (χ1) is 12.4. The van der Waals surface area contributed by atoms with Gasteiger partial charge in [-0.2, -0.15) is 0 Å². The molecule has 0 aliphatic heterocycles. The number of aromatic nitrogens is 1. The Labute approximate surface area is 145 Å². The van der Waals surface area contributed by atoms with Crippen LogP contribution in [0.25, 0.3) is 44.3 Å². The van der Waals surface area contributed by atoms with Gasteiger partial charge in [0.2, 0.25) is 0 Å². The van der Waals surface area contributed by atoms with Crippen LogP contribution in [0, 0.1) is 0 Å². The molecule has 0 unspecified atom stereocenters. The second-order valence-corrected chi connectivity index (χ2v) is 6.08. The molecule has 0 aliphatic rings. The van der Waals surface area contributed by atoms with Crippen LogP contribution in [-0.4, -0.2) is 4.98 Å². The lowest BCUT2D eigenvalue weighted by Crippen LogP contribution is -1.81. The van der Waals surface area contributed by atoms with Gasteiger partial charge in [0.1, 0.15) is 11.2 Å². The predicted molar refractivity (Wildman–Crippen MR) is 102 cm³/mol. The molecule has 0 atom stereocenters. The molecular weight excluding hydrogens is 306 g/mol. The monoisotopic (exact) mass is 321 g/mol. The van der Waals surface area contributed by atoms with Gasteiger partial charge in [-0.3, -0.25) is 4.98 Å². The number of rotatable bonds is 2. The van der Waals surface area contributed by atoms with Gasteiger partial charge in [0.25, 0.3) is 0 Å². The highest BCUT2D eigenvalue weighted by Gasteiger charge is 2.13. The Morgan fingerprint density at radius 2 is 1.36 bits per heavy atom. The fraction of sp³-hybridized carbons (Fsp3) is 0. The van der Waals surface area contributed by atoms with Crippen LogP contribution in [0.3, 0.4) is 0 Å². The SMILES string of the molecule is c1ccc(-c2cc3oc4c(-c5ccccc5)cccc4c3cn2)cc1. The summed E-state index contributed by atoms with van der Waals surface area (Å²) in [6.45, 7) is 0. The molecule has 0 N–H and O–H groups in total. The van der Waals surface area contributed by atoms with Crippen molar-refractivity contribution in [3.05, 3.63) is 91.1 Å². The largest absolute Gasteiger partial charge is 0.455 e. The van der Waals surface area contributed by atoms with E-state index < -0.39 is 0 Å². The van der Waals surface area contributed by atoms with Crippen molar-refractivity contribution in [3.63, 3.8) is 0 Å². The van der Waals surface area contributed by atoms with Crippen LogP contribution in [0.1, 0.15) is 0 Å². The summed E-state index contributed by atoms with van der Waals surface area (Å²) >= 11 is 0. The zero-order valence-electron chi connectivity index (χ0n) is 13.5. The van der Waals surface area contributed by atoms with E-state index in [4.69, 9.17) is 4.42 Å². The summed E-state index contributed by atoms with van der Waals surface area (Å²) in [5, 5.41) is 2.15. The highest BCUT2D eigenvalue weighted by molar-refractivity contribution is 6.09. The van der Waals surface area contributed by atoms with E-state index in [2.05, 4.69) is 47.4 Å². The average Bonchev–Trinajstić information content (AvgIpc) is 3.07. The van der Waals surface area contributed by atoms with Crippen molar-refractivity contribution in [1.29, 1.82) is 0 Å². The van der Waals surface area contributed by atoms with Crippen molar-refractivity contribution in [1.82, 2.24) is 4.98 Å². The predicted octanol–water partition coefficient (Wildman–Crippen LogP) is 6.32. The third-order valence-electron chi connectivity index (χ3n) is 4.54. The minimum absolute atomic E-state index is 0.868. The number of para-hydroxylation sites is 1. The molecule has 2 heteroatoms. The molecule has 0 saturated heterocycles. The van der Waals surface area contributed by atoms with Crippen molar-refractivity contribution in [2.75, 3.05) is 0 Å². The number of furan rings is 1. The molecular formula is C23H15NO. The lowest BCUT2D eigenvalue weighted by atomic mass is 10.0. The molecule has 0 fully saturated rings. The lowest BCUT2D eigenvalue weighted by molar-refractivity contribution is 0.669. The highest BCUT2D eigenvalue weighted by Crippen LogP contribution is 2.36. The van der Waals surface area contributed by atoms with Crippen LogP contribution in [0.15, 0.2) is 95.5 Å². The number of fused-ring (bicyclic) bond motifs is 3. The summed E-state index contributed by atoms with van der Waals surface area (Å²) in [4.78, 5) is 4.64. The van der Waals surface area contributed by atoms with E-state index in [9.17, 15) is 0 Å². The third-order valence-corrected chi connectivity index (χ3v) is 4.54. The van der Waals surface area contributed by atoms with Gasteiger partial charge in [-0.05, 0) is 5.56 Å². The number of benzene rings is 3. The minimum Gasteiger partial charge on any atom is -0.455 e. The van der Waals surface area contributed by atoms with Crippen LogP contribution >= 0.6 is 0 Å². The Morgan fingerprint density at radius 3 is 2.12 bits per heavy atom. The molecule has 5 aromatic rings. The quantitative estimate of drug-likeness (QED) is 0.380. The summed E-state index contributed by atoms with van der Waals surface area (Å²) in [5.41, 5.74) is 6.06. The molecule has 25 heavy (non-hydrogen) atoms. The van der Waals surface area contributed by atoms with E-state index in [-0.39, 0.29) is 0 Å². The standard InChI is InChI=1S/C23H15NO/c1-3-8-16(9-4-1)18-12-7-13-19-20-15-24-21(14-22(20)25-23(18)19)17-10-5-2-6-11-17/h1-15H. The number of hydrogen-bond acceptors (Lipinski definition) is 2. The van der Waals surface area contributed by atoms with Crippen LogP contribution in [0.5, 0.6) is 0 Å². The van der Waals surface area contributed by atoms with E-state index >= 15 is 0 Å². The average molecular weight is 321 g/mol. The topological polar surface area (TPSA) is 26.0 Å². The Bertz CT molecular complexity index is 1170. The molecule has 0 aliphatic carbocycles. The van der Waals surface area contributed by atoms with Gasteiger partial charge in [0.15, 0.2) is 0 Å². The second kappa shape index (κ2) is 5.60.